The molecule has 0 radical (unpaired) electrons. The first-order valence-corrected chi connectivity index (χ1v) is 3.39. The van der Waals surface area contributed by atoms with E-state index in [-0.39, 0.29) is 0 Å². The highest BCUT2D eigenvalue weighted by Gasteiger charge is 2.16. The first kappa shape index (κ1) is 6.60. The van der Waals surface area contributed by atoms with Crippen LogP contribution in [0.3, 0.4) is 0 Å². The van der Waals surface area contributed by atoms with Crippen molar-refractivity contribution in [3.63, 3.8) is 0 Å². The van der Waals surface area contributed by atoms with E-state index in [0.717, 1.165) is 0 Å². The van der Waals surface area contributed by atoms with E-state index >= 15 is 0 Å². The Labute approximate surface area is 56.5 Å². The molecule has 9 heavy (non-hydrogen) atoms. The summed E-state index contributed by atoms with van der Waals surface area (Å²) in [6, 6.07) is 0.575. The molecular formula is C8H13N. The molecule has 1 rings (SSSR count). The van der Waals surface area contributed by atoms with Crippen LogP contribution in [0.25, 0.3) is 0 Å². The minimum absolute atomic E-state index is 0.575. The fourth-order valence-corrected chi connectivity index (χ4v) is 0.824. The van der Waals surface area contributed by atoms with Crippen LogP contribution in [-0.4, -0.2) is 13.1 Å². The number of hydrogen-bond donors (Lipinski definition) is 1. The molecule has 1 heteroatoms. The summed E-state index contributed by atoms with van der Waals surface area (Å²) in [6.07, 6.45) is 2.05. The van der Waals surface area contributed by atoms with Gasteiger partial charge >= 0.3 is 0 Å². The third-order valence-electron chi connectivity index (χ3n) is 2.01. The molecule has 1 nitrogen and oxygen atoms in total. The minimum Gasteiger partial charge on any atom is -0.317 e. The average Bonchev–Trinajstić information content (AvgIpc) is 2.66. The van der Waals surface area contributed by atoms with Crippen molar-refractivity contribution in [1.82, 2.24) is 5.32 Å². The van der Waals surface area contributed by atoms with E-state index in [1.807, 2.05) is 7.05 Å². The van der Waals surface area contributed by atoms with Gasteiger partial charge in [-0.05, 0) is 20.0 Å². The summed E-state index contributed by atoms with van der Waals surface area (Å²) >= 11 is 0. The highest BCUT2D eigenvalue weighted by atomic mass is 14.9. The second-order valence-corrected chi connectivity index (χ2v) is 2.61. The van der Waals surface area contributed by atoms with Gasteiger partial charge in [0.2, 0.25) is 0 Å². The Balaban J connectivity index is 2.32. The number of nitrogens with one attached hydrogen (secondary N) is 1. The Kier molecular flexibility index (Phi) is 1.75. The summed E-state index contributed by atoms with van der Waals surface area (Å²) in [6.45, 7) is 4.40. The van der Waals surface area contributed by atoms with Crippen molar-refractivity contribution in [3.8, 4) is 0 Å². The van der Waals surface area contributed by atoms with E-state index in [1.165, 1.54) is 5.57 Å². The Morgan fingerprint density at radius 1 is 1.56 bits per heavy atom. The average molecular weight is 123 g/mol. The number of rotatable bonds is 3. The molecule has 1 N–H and O–H groups in total. The second kappa shape index (κ2) is 2.38. The SMILES string of the molecule is CNC(C)C(C)C1=C=C1. The molecule has 0 saturated heterocycles. The van der Waals surface area contributed by atoms with Crippen molar-refractivity contribution in [2.24, 2.45) is 5.92 Å². The van der Waals surface area contributed by atoms with Crippen LogP contribution >= 0.6 is 0 Å². The van der Waals surface area contributed by atoms with E-state index in [4.69, 9.17) is 0 Å². The second-order valence-electron chi connectivity index (χ2n) is 2.61. The van der Waals surface area contributed by atoms with Crippen LogP contribution in [-0.2, 0) is 0 Å². The molecule has 2 atom stereocenters. The minimum atomic E-state index is 0.575. The molecule has 1 aliphatic carbocycles. The summed E-state index contributed by atoms with van der Waals surface area (Å²) < 4.78 is 0. The van der Waals surface area contributed by atoms with E-state index in [1.54, 1.807) is 0 Å². The van der Waals surface area contributed by atoms with Gasteiger partial charge in [-0.2, -0.15) is 0 Å². The Hall–Kier alpha value is -0.520. The Morgan fingerprint density at radius 2 is 2.11 bits per heavy atom. The first-order valence-electron chi connectivity index (χ1n) is 3.39. The van der Waals surface area contributed by atoms with Gasteiger partial charge in [-0.1, -0.05) is 6.92 Å². The molecule has 0 aromatic carbocycles. The van der Waals surface area contributed by atoms with E-state index < -0.39 is 0 Å². The molecule has 0 bridgehead atoms. The molecule has 0 spiro atoms. The summed E-state index contributed by atoms with van der Waals surface area (Å²) in [4.78, 5) is 0. The quantitative estimate of drug-likeness (QED) is 0.558. The third-order valence-corrected chi connectivity index (χ3v) is 2.01. The Bertz CT molecular complexity index is 163. The molecule has 1 aliphatic rings. The van der Waals surface area contributed by atoms with Crippen LogP contribution < -0.4 is 5.32 Å². The lowest BCUT2D eigenvalue weighted by Gasteiger charge is -2.15. The first-order chi connectivity index (χ1) is 4.25. The van der Waals surface area contributed by atoms with Gasteiger partial charge in [0.05, 0.1) is 0 Å². The zero-order valence-corrected chi connectivity index (χ0v) is 6.23. The largest absolute Gasteiger partial charge is 0.317 e. The maximum absolute atomic E-state index is 3.21. The standard InChI is InChI=1S/C8H13N/c1-6(7(2)9-3)8-4-5-8/h4,6-7,9H,1-3H3. The van der Waals surface area contributed by atoms with Crippen LogP contribution in [0.2, 0.25) is 0 Å². The van der Waals surface area contributed by atoms with E-state index in [2.05, 4.69) is 31.0 Å². The fraction of sp³-hybridized carbons (Fsp3) is 0.625. The zero-order valence-electron chi connectivity index (χ0n) is 6.23. The number of hydrogen-bond acceptors (Lipinski definition) is 1. The van der Waals surface area contributed by atoms with Gasteiger partial charge in [0.15, 0.2) is 0 Å². The monoisotopic (exact) mass is 123 g/mol. The molecule has 2 unspecified atom stereocenters. The molecule has 0 saturated carbocycles. The molecule has 0 aromatic rings. The van der Waals surface area contributed by atoms with Crippen LogP contribution in [0.4, 0.5) is 0 Å². The van der Waals surface area contributed by atoms with Gasteiger partial charge in [-0.25, -0.2) is 0 Å². The van der Waals surface area contributed by atoms with Crippen molar-refractivity contribution >= 4 is 0 Å². The Morgan fingerprint density at radius 3 is 2.44 bits per heavy atom. The molecular weight excluding hydrogens is 110 g/mol. The lowest BCUT2D eigenvalue weighted by Crippen LogP contribution is -2.28. The lowest BCUT2D eigenvalue weighted by molar-refractivity contribution is 0.491. The van der Waals surface area contributed by atoms with Gasteiger partial charge in [-0.3, -0.25) is 0 Å². The van der Waals surface area contributed by atoms with E-state index in [9.17, 15) is 0 Å². The highest BCUT2D eigenvalue weighted by Crippen LogP contribution is 2.21. The normalized spacial score (nSPS) is 21.0. The van der Waals surface area contributed by atoms with Gasteiger partial charge in [-0.15, -0.1) is 5.73 Å². The topological polar surface area (TPSA) is 12.0 Å². The smallest absolute Gasteiger partial charge is 0.0108 e. The van der Waals surface area contributed by atoms with Crippen LogP contribution in [0.1, 0.15) is 13.8 Å². The molecule has 0 amide bonds. The molecule has 0 fully saturated rings. The summed E-state index contributed by atoms with van der Waals surface area (Å²) in [5.41, 5.74) is 4.47. The van der Waals surface area contributed by atoms with Crippen molar-refractivity contribution in [1.29, 1.82) is 0 Å². The van der Waals surface area contributed by atoms with Gasteiger partial charge in [0.25, 0.3) is 0 Å². The molecule has 50 valence electrons. The van der Waals surface area contributed by atoms with Crippen molar-refractivity contribution in [2.75, 3.05) is 7.05 Å². The van der Waals surface area contributed by atoms with Crippen molar-refractivity contribution in [2.45, 2.75) is 19.9 Å². The zero-order chi connectivity index (χ0) is 6.85. The van der Waals surface area contributed by atoms with Crippen LogP contribution in [0.15, 0.2) is 17.4 Å². The molecule has 0 aliphatic heterocycles. The predicted octanol–water partition coefficient (Wildman–Crippen LogP) is 1.33. The van der Waals surface area contributed by atoms with Crippen molar-refractivity contribution < 1.29 is 0 Å². The highest BCUT2D eigenvalue weighted by molar-refractivity contribution is 5.34. The van der Waals surface area contributed by atoms with Gasteiger partial charge in [0.1, 0.15) is 0 Å². The molecule has 0 aromatic heterocycles. The van der Waals surface area contributed by atoms with Crippen molar-refractivity contribution in [3.05, 3.63) is 17.4 Å². The summed E-state index contributed by atoms with van der Waals surface area (Å²) in [5.74, 6) is 0.634. The fourth-order valence-electron chi connectivity index (χ4n) is 0.824. The van der Waals surface area contributed by atoms with Gasteiger partial charge in [0, 0.05) is 17.5 Å². The predicted molar refractivity (Wildman–Crippen MR) is 39.3 cm³/mol. The third kappa shape index (κ3) is 1.44. The van der Waals surface area contributed by atoms with Crippen LogP contribution in [0.5, 0.6) is 0 Å². The maximum atomic E-state index is 3.21. The molecule has 0 heterocycles. The summed E-state index contributed by atoms with van der Waals surface area (Å²) in [7, 11) is 1.99. The maximum Gasteiger partial charge on any atom is 0.0108 e. The van der Waals surface area contributed by atoms with E-state index in [0.29, 0.717) is 12.0 Å². The van der Waals surface area contributed by atoms with Crippen LogP contribution in [0, 0.1) is 5.92 Å². The lowest BCUT2D eigenvalue weighted by atomic mass is 10.0. The van der Waals surface area contributed by atoms with Gasteiger partial charge < -0.3 is 5.32 Å². The summed E-state index contributed by atoms with van der Waals surface area (Å²) in [5, 5.41) is 3.21.